The molecule has 7 heteroatoms. The summed E-state index contributed by atoms with van der Waals surface area (Å²) in [6.45, 7) is 3.85. The van der Waals surface area contributed by atoms with Crippen LogP contribution in [0.1, 0.15) is 12.5 Å². The summed E-state index contributed by atoms with van der Waals surface area (Å²) < 4.78 is 6.93. The molecule has 3 aromatic rings. The first kappa shape index (κ1) is 19.5. The van der Waals surface area contributed by atoms with E-state index in [0.29, 0.717) is 37.5 Å². The van der Waals surface area contributed by atoms with Crippen molar-refractivity contribution in [1.29, 1.82) is 0 Å². The van der Waals surface area contributed by atoms with E-state index in [1.807, 2.05) is 32.0 Å². The summed E-state index contributed by atoms with van der Waals surface area (Å²) in [4.78, 5) is 27.3. The molecule has 5 nitrogen and oxygen atoms in total. The van der Waals surface area contributed by atoms with Crippen LogP contribution < -0.4 is 10.3 Å². The van der Waals surface area contributed by atoms with E-state index >= 15 is 0 Å². The smallest absolute Gasteiger partial charge is 0.325 e. The van der Waals surface area contributed by atoms with Crippen LogP contribution in [-0.4, -0.2) is 31.2 Å². The molecule has 3 rings (SSSR count). The van der Waals surface area contributed by atoms with E-state index in [2.05, 4.69) is 0 Å². The van der Waals surface area contributed by atoms with Crippen molar-refractivity contribution in [2.45, 2.75) is 20.4 Å². The molecule has 0 fully saturated rings. The summed E-state index contributed by atoms with van der Waals surface area (Å²) >= 11 is 12.7. The molecule has 1 aromatic heterocycles. The number of rotatable bonds is 4. The Labute approximate surface area is 167 Å². The third kappa shape index (κ3) is 3.37. The van der Waals surface area contributed by atoms with Crippen molar-refractivity contribution >= 4 is 56.7 Å². The quantitative estimate of drug-likeness (QED) is 0.475. The second-order valence-corrected chi connectivity index (χ2v) is 7.34. The molecular weight excluding hydrogens is 387 g/mol. The number of benzene rings is 2. The number of pyridine rings is 1. The number of hydrogen-bond donors (Lipinski definition) is 0. The van der Waals surface area contributed by atoms with E-state index in [0.717, 1.165) is 5.56 Å². The maximum Gasteiger partial charge on any atom is 0.325 e. The minimum absolute atomic E-state index is 0.0383. The molecule has 0 aliphatic rings. The molecule has 2 aromatic carbocycles. The zero-order valence-corrected chi connectivity index (χ0v) is 17.1. The molecule has 27 heavy (non-hydrogen) atoms. The minimum Gasteiger partial charge on any atom is -0.465 e. The lowest BCUT2D eigenvalue weighted by molar-refractivity contribution is -0.143. The number of carbonyl (C=O) groups excluding carboxylic acids is 1. The monoisotopic (exact) mass is 406 g/mol. The minimum atomic E-state index is -0.388. The van der Waals surface area contributed by atoms with E-state index in [9.17, 15) is 9.59 Å². The van der Waals surface area contributed by atoms with Crippen LogP contribution >= 0.6 is 23.2 Å². The molecule has 0 unspecified atom stereocenters. The van der Waals surface area contributed by atoms with Crippen LogP contribution in [0.4, 0.5) is 5.69 Å². The number of carbonyl (C=O) groups is 1. The standard InChI is InChI=1S/C20H20Cl2N2O3/c1-5-27-17(25)10-24-16-8-11(2)15(22)9-13(16)20(26)12-6-7-14(21)19(18(12)24)23(3)4/h6-9H,5,10H2,1-4H3. The number of anilines is 1. The summed E-state index contributed by atoms with van der Waals surface area (Å²) in [7, 11) is 3.69. The second kappa shape index (κ2) is 7.41. The number of nitrogens with zero attached hydrogens (tertiary/aromatic N) is 2. The van der Waals surface area contributed by atoms with Gasteiger partial charge in [-0.25, -0.2) is 0 Å². The molecule has 0 bridgehead atoms. The van der Waals surface area contributed by atoms with Gasteiger partial charge in [0.25, 0.3) is 0 Å². The third-order valence-electron chi connectivity index (χ3n) is 4.47. The number of esters is 1. The van der Waals surface area contributed by atoms with Crippen LogP contribution in [0.3, 0.4) is 0 Å². The summed E-state index contributed by atoms with van der Waals surface area (Å²) in [5.41, 5.74) is 2.55. The van der Waals surface area contributed by atoms with Gasteiger partial charge in [0.2, 0.25) is 0 Å². The first-order chi connectivity index (χ1) is 12.8. The van der Waals surface area contributed by atoms with E-state index < -0.39 is 0 Å². The normalized spacial score (nSPS) is 11.2. The van der Waals surface area contributed by atoms with Crippen LogP contribution in [0.15, 0.2) is 29.1 Å². The summed E-state index contributed by atoms with van der Waals surface area (Å²) in [6.07, 6.45) is 0. The molecule has 1 heterocycles. The van der Waals surface area contributed by atoms with Crippen molar-refractivity contribution in [2.75, 3.05) is 25.6 Å². The summed E-state index contributed by atoms with van der Waals surface area (Å²) in [6, 6.07) is 6.84. The molecule has 0 saturated carbocycles. The van der Waals surface area contributed by atoms with Crippen molar-refractivity contribution < 1.29 is 9.53 Å². The van der Waals surface area contributed by atoms with Crippen molar-refractivity contribution in [3.05, 3.63) is 50.1 Å². The van der Waals surface area contributed by atoms with Gasteiger partial charge < -0.3 is 14.2 Å². The second-order valence-electron chi connectivity index (χ2n) is 6.53. The van der Waals surface area contributed by atoms with Crippen molar-refractivity contribution in [3.63, 3.8) is 0 Å². The van der Waals surface area contributed by atoms with Gasteiger partial charge in [-0.05, 0) is 43.7 Å². The molecule has 0 aliphatic heterocycles. The average Bonchev–Trinajstić information content (AvgIpc) is 2.60. The number of aromatic nitrogens is 1. The van der Waals surface area contributed by atoms with Crippen molar-refractivity contribution in [2.24, 2.45) is 0 Å². The highest BCUT2D eigenvalue weighted by atomic mass is 35.5. The van der Waals surface area contributed by atoms with E-state index in [1.165, 1.54) is 0 Å². The van der Waals surface area contributed by atoms with Gasteiger partial charge >= 0.3 is 5.97 Å². The van der Waals surface area contributed by atoms with Gasteiger partial charge in [-0.2, -0.15) is 0 Å². The highest BCUT2D eigenvalue weighted by Gasteiger charge is 2.20. The highest BCUT2D eigenvalue weighted by Crippen LogP contribution is 2.35. The SMILES string of the molecule is CCOC(=O)Cn1c2cc(C)c(Cl)cc2c(=O)c2ccc(Cl)c(N(C)C)c21. The Kier molecular flexibility index (Phi) is 5.36. The molecule has 0 saturated heterocycles. The lowest BCUT2D eigenvalue weighted by Crippen LogP contribution is -2.21. The zero-order valence-electron chi connectivity index (χ0n) is 15.6. The lowest BCUT2D eigenvalue weighted by atomic mass is 10.1. The molecule has 0 amide bonds. The summed E-state index contributed by atoms with van der Waals surface area (Å²) in [5.74, 6) is -0.388. The predicted octanol–water partition coefficient (Wildman–Crippen LogP) is 4.40. The molecule has 0 spiro atoms. The predicted molar refractivity (Wildman–Crippen MR) is 111 cm³/mol. The Hall–Kier alpha value is -2.24. The molecule has 0 aliphatic carbocycles. The Morgan fingerprint density at radius 3 is 2.48 bits per heavy atom. The molecule has 0 atom stereocenters. The van der Waals surface area contributed by atoms with E-state index in [-0.39, 0.29) is 24.5 Å². The van der Waals surface area contributed by atoms with Crippen LogP contribution in [0.25, 0.3) is 21.8 Å². The Bertz CT molecular complexity index is 1120. The zero-order chi connectivity index (χ0) is 19.9. The van der Waals surface area contributed by atoms with Gasteiger partial charge in [0.05, 0.1) is 28.4 Å². The molecule has 0 N–H and O–H groups in total. The van der Waals surface area contributed by atoms with E-state index in [4.69, 9.17) is 27.9 Å². The number of halogens is 2. The largest absolute Gasteiger partial charge is 0.465 e. The Morgan fingerprint density at radius 1 is 1.15 bits per heavy atom. The van der Waals surface area contributed by atoms with Crippen LogP contribution in [0, 0.1) is 6.92 Å². The third-order valence-corrected chi connectivity index (χ3v) is 5.18. The fourth-order valence-electron chi connectivity index (χ4n) is 3.27. The number of ether oxygens (including phenoxy) is 1. The molecular formula is C20H20Cl2N2O3. The van der Waals surface area contributed by atoms with Gasteiger partial charge in [-0.1, -0.05) is 23.2 Å². The maximum absolute atomic E-state index is 13.2. The summed E-state index contributed by atoms with van der Waals surface area (Å²) in [5, 5.41) is 1.92. The first-order valence-electron chi connectivity index (χ1n) is 8.54. The van der Waals surface area contributed by atoms with Gasteiger partial charge in [-0.3, -0.25) is 9.59 Å². The van der Waals surface area contributed by atoms with Crippen molar-refractivity contribution in [3.8, 4) is 0 Å². The Balaban J connectivity index is 2.55. The van der Waals surface area contributed by atoms with Gasteiger partial charge in [-0.15, -0.1) is 0 Å². The fraction of sp³-hybridized carbons (Fsp3) is 0.300. The number of hydrogen-bond acceptors (Lipinski definition) is 4. The maximum atomic E-state index is 13.2. The topological polar surface area (TPSA) is 51.5 Å². The fourth-order valence-corrected chi connectivity index (χ4v) is 3.76. The van der Waals surface area contributed by atoms with Crippen molar-refractivity contribution in [1.82, 2.24) is 4.57 Å². The lowest BCUT2D eigenvalue weighted by Gasteiger charge is -2.22. The molecule has 142 valence electrons. The van der Waals surface area contributed by atoms with Gasteiger partial charge in [0.15, 0.2) is 5.43 Å². The molecule has 0 radical (unpaired) electrons. The van der Waals surface area contributed by atoms with Gasteiger partial charge in [0.1, 0.15) is 6.54 Å². The van der Waals surface area contributed by atoms with E-state index in [1.54, 1.807) is 29.7 Å². The average molecular weight is 407 g/mol. The highest BCUT2D eigenvalue weighted by molar-refractivity contribution is 6.35. The number of fused-ring (bicyclic) bond motifs is 2. The van der Waals surface area contributed by atoms with Crippen LogP contribution in [0.5, 0.6) is 0 Å². The van der Waals surface area contributed by atoms with Crippen LogP contribution in [-0.2, 0) is 16.1 Å². The van der Waals surface area contributed by atoms with Crippen LogP contribution in [0.2, 0.25) is 10.0 Å². The Morgan fingerprint density at radius 2 is 1.85 bits per heavy atom. The number of aryl methyl sites for hydroxylation is 1. The first-order valence-corrected chi connectivity index (χ1v) is 9.29. The van der Waals surface area contributed by atoms with Gasteiger partial charge in [0, 0.05) is 29.9 Å².